The molecule has 0 bridgehead atoms. The van der Waals surface area contributed by atoms with Gasteiger partial charge in [-0.25, -0.2) is 4.90 Å². The Morgan fingerprint density at radius 2 is 1.24 bits per heavy atom. The Bertz CT molecular complexity index is 1230. The van der Waals surface area contributed by atoms with Crippen LogP contribution in [0.15, 0.2) is 60.2 Å². The van der Waals surface area contributed by atoms with Crippen molar-refractivity contribution in [2.75, 3.05) is 9.80 Å². The van der Waals surface area contributed by atoms with E-state index < -0.39 is 17.8 Å². The second-order valence-electron chi connectivity index (χ2n) is 9.36. The van der Waals surface area contributed by atoms with Gasteiger partial charge in [0.1, 0.15) is 0 Å². The first-order valence-electron chi connectivity index (χ1n) is 11.3. The number of allylic oxidation sites excluding steroid dienone is 1. The molecule has 168 valence electrons. The Balaban J connectivity index is 1.44. The molecule has 6 nitrogen and oxygen atoms in total. The van der Waals surface area contributed by atoms with Gasteiger partial charge in [0.15, 0.2) is 0 Å². The van der Waals surface area contributed by atoms with E-state index in [2.05, 4.69) is 0 Å². The van der Waals surface area contributed by atoms with Crippen LogP contribution in [0.5, 0.6) is 0 Å². The summed E-state index contributed by atoms with van der Waals surface area (Å²) in [5.74, 6) is -2.67. The second kappa shape index (κ2) is 7.80. The first-order valence-corrected chi connectivity index (χ1v) is 11.3. The van der Waals surface area contributed by atoms with Gasteiger partial charge in [-0.3, -0.25) is 24.1 Å². The van der Waals surface area contributed by atoms with Crippen molar-refractivity contribution in [1.82, 2.24) is 0 Å². The van der Waals surface area contributed by atoms with Gasteiger partial charge in [0.05, 0.1) is 29.1 Å². The van der Waals surface area contributed by atoms with Crippen LogP contribution in [0.1, 0.15) is 30.9 Å². The molecule has 2 aliphatic heterocycles. The number of anilines is 2. The molecule has 0 N–H and O–H groups in total. The first kappa shape index (κ1) is 21.3. The molecule has 0 aromatic heterocycles. The van der Waals surface area contributed by atoms with Gasteiger partial charge in [0.25, 0.3) is 0 Å². The molecule has 1 aliphatic carbocycles. The minimum atomic E-state index is -0.525. The molecule has 2 saturated heterocycles. The second-order valence-corrected chi connectivity index (χ2v) is 9.36. The highest BCUT2D eigenvalue weighted by molar-refractivity contribution is 6.24. The Labute approximate surface area is 192 Å². The highest BCUT2D eigenvalue weighted by Gasteiger charge is 2.54. The van der Waals surface area contributed by atoms with Gasteiger partial charge < -0.3 is 0 Å². The van der Waals surface area contributed by atoms with Crippen LogP contribution in [0.25, 0.3) is 0 Å². The van der Waals surface area contributed by atoms with E-state index in [0.29, 0.717) is 17.8 Å². The molecular weight excluding hydrogens is 416 g/mol. The summed E-state index contributed by atoms with van der Waals surface area (Å²) in [6, 6.07) is 14.7. The highest BCUT2D eigenvalue weighted by atomic mass is 16.2. The quantitative estimate of drug-likeness (QED) is 0.533. The molecule has 0 saturated carbocycles. The molecule has 4 amide bonds. The van der Waals surface area contributed by atoms with Gasteiger partial charge in [-0.05, 0) is 56.4 Å². The number of imide groups is 2. The SMILES string of the molecule is CC1=C[C@H]([C@@H]2CC(=O)N(c3ccccc3C)C2=O)C[C@H]2C(=O)N(c3ccccc3C)C(=O)[C@@H]12. The van der Waals surface area contributed by atoms with Crippen molar-refractivity contribution in [2.24, 2.45) is 23.7 Å². The minimum Gasteiger partial charge on any atom is -0.274 e. The Morgan fingerprint density at radius 1 is 0.697 bits per heavy atom. The molecule has 2 fully saturated rings. The predicted molar refractivity (Wildman–Crippen MR) is 124 cm³/mol. The number of rotatable bonds is 3. The van der Waals surface area contributed by atoms with Crippen molar-refractivity contribution in [1.29, 1.82) is 0 Å². The van der Waals surface area contributed by atoms with Crippen LogP contribution in [0.4, 0.5) is 11.4 Å². The smallest absolute Gasteiger partial charge is 0.241 e. The van der Waals surface area contributed by atoms with Crippen LogP contribution in [0.3, 0.4) is 0 Å². The monoisotopic (exact) mass is 442 g/mol. The summed E-state index contributed by atoms with van der Waals surface area (Å²) in [4.78, 5) is 55.5. The summed E-state index contributed by atoms with van der Waals surface area (Å²) in [5.41, 5.74) is 3.76. The largest absolute Gasteiger partial charge is 0.274 e. The maximum atomic E-state index is 13.4. The summed E-state index contributed by atoms with van der Waals surface area (Å²) in [5, 5.41) is 0. The lowest BCUT2D eigenvalue weighted by molar-refractivity contribution is -0.125. The van der Waals surface area contributed by atoms with E-state index in [0.717, 1.165) is 16.7 Å². The van der Waals surface area contributed by atoms with Gasteiger partial charge in [-0.15, -0.1) is 0 Å². The molecular formula is C27H26N2O4. The summed E-state index contributed by atoms with van der Waals surface area (Å²) < 4.78 is 0. The maximum Gasteiger partial charge on any atom is 0.241 e. The van der Waals surface area contributed by atoms with E-state index in [1.165, 1.54) is 9.80 Å². The number of amides is 4. The van der Waals surface area contributed by atoms with Gasteiger partial charge in [0, 0.05) is 6.42 Å². The van der Waals surface area contributed by atoms with Crippen molar-refractivity contribution in [2.45, 2.75) is 33.6 Å². The lowest BCUT2D eigenvalue weighted by atomic mass is 9.71. The molecule has 2 aromatic rings. The van der Waals surface area contributed by atoms with E-state index in [1.807, 2.05) is 63.2 Å². The summed E-state index contributed by atoms with van der Waals surface area (Å²) in [6.07, 6.45) is 2.45. The standard InChI is InChI=1S/C27H26N2O4/c1-15-8-4-6-10-21(15)28-23(30)14-19(25(28)31)18-12-17(3)24-20(13-18)26(32)29(27(24)33)22-11-7-5-9-16(22)2/h4-12,18-20,24H,13-14H2,1-3H3/t18-,19-,20+,24-/m0/s1. The van der Waals surface area contributed by atoms with Gasteiger partial charge >= 0.3 is 0 Å². The van der Waals surface area contributed by atoms with E-state index >= 15 is 0 Å². The van der Waals surface area contributed by atoms with Crippen LogP contribution in [0, 0.1) is 37.5 Å². The fourth-order valence-corrected chi connectivity index (χ4v) is 5.67. The summed E-state index contributed by atoms with van der Waals surface area (Å²) >= 11 is 0. The van der Waals surface area contributed by atoms with Gasteiger partial charge in [-0.2, -0.15) is 0 Å². The molecule has 6 heteroatoms. The lowest BCUT2D eigenvalue weighted by Gasteiger charge is -2.30. The normalized spacial score (nSPS) is 27.3. The average Bonchev–Trinajstić information content (AvgIpc) is 3.22. The zero-order valence-corrected chi connectivity index (χ0v) is 18.9. The van der Waals surface area contributed by atoms with Crippen molar-refractivity contribution in [3.8, 4) is 0 Å². The fourth-order valence-electron chi connectivity index (χ4n) is 5.67. The van der Waals surface area contributed by atoms with Gasteiger partial charge in [-0.1, -0.05) is 48.0 Å². The van der Waals surface area contributed by atoms with E-state index in [1.54, 1.807) is 12.1 Å². The van der Waals surface area contributed by atoms with Crippen LogP contribution < -0.4 is 9.80 Å². The zero-order valence-electron chi connectivity index (χ0n) is 18.9. The third-order valence-corrected chi connectivity index (χ3v) is 7.33. The van der Waals surface area contributed by atoms with Crippen LogP contribution >= 0.6 is 0 Å². The third kappa shape index (κ3) is 3.24. The molecule has 4 atom stereocenters. The van der Waals surface area contributed by atoms with Crippen molar-refractivity contribution < 1.29 is 19.2 Å². The molecule has 0 radical (unpaired) electrons. The third-order valence-electron chi connectivity index (χ3n) is 7.33. The Hall–Kier alpha value is -3.54. The number of carbonyl (C=O) groups excluding carboxylic acids is 4. The zero-order chi connectivity index (χ0) is 23.4. The van der Waals surface area contributed by atoms with E-state index in [4.69, 9.17) is 0 Å². The van der Waals surface area contributed by atoms with Crippen molar-refractivity contribution >= 4 is 35.0 Å². The molecule has 3 aliphatic rings. The molecule has 2 aromatic carbocycles. The molecule has 0 unspecified atom stereocenters. The number of nitrogens with zero attached hydrogens (tertiary/aromatic N) is 2. The molecule has 5 rings (SSSR count). The summed E-state index contributed by atoms with van der Waals surface area (Å²) in [6.45, 7) is 5.62. The number of para-hydroxylation sites is 2. The van der Waals surface area contributed by atoms with E-state index in [9.17, 15) is 19.2 Å². The Kier molecular flexibility index (Phi) is 5.04. The van der Waals surface area contributed by atoms with Crippen LogP contribution in [0.2, 0.25) is 0 Å². The first-order chi connectivity index (χ1) is 15.8. The minimum absolute atomic E-state index is 0.114. The molecule has 0 spiro atoms. The highest BCUT2D eigenvalue weighted by Crippen LogP contribution is 2.46. The van der Waals surface area contributed by atoms with Crippen molar-refractivity contribution in [3.63, 3.8) is 0 Å². The lowest BCUT2D eigenvalue weighted by Crippen LogP contribution is -2.35. The molecule has 33 heavy (non-hydrogen) atoms. The number of hydrogen-bond donors (Lipinski definition) is 0. The van der Waals surface area contributed by atoms with Gasteiger partial charge in [0.2, 0.25) is 23.6 Å². The Morgan fingerprint density at radius 3 is 1.85 bits per heavy atom. The number of benzene rings is 2. The van der Waals surface area contributed by atoms with Crippen molar-refractivity contribution in [3.05, 3.63) is 71.3 Å². The maximum absolute atomic E-state index is 13.4. The topological polar surface area (TPSA) is 74.8 Å². The number of aryl methyl sites for hydroxylation is 2. The number of carbonyl (C=O) groups is 4. The van der Waals surface area contributed by atoms with Crippen LogP contribution in [-0.4, -0.2) is 23.6 Å². The van der Waals surface area contributed by atoms with E-state index in [-0.39, 0.29) is 36.0 Å². The predicted octanol–water partition coefficient (Wildman–Crippen LogP) is 3.95. The van der Waals surface area contributed by atoms with Crippen LogP contribution in [-0.2, 0) is 19.2 Å². The number of fused-ring (bicyclic) bond motifs is 1. The molecule has 2 heterocycles. The average molecular weight is 443 g/mol. The summed E-state index contributed by atoms with van der Waals surface area (Å²) in [7, 11) is 0. The fraction of sp³-hybridized carbons (Fsp3) is 0.333. The number of hydrogen-bond acceptors (Lipinski definition) is 4.